The molecule has 1 aliphatic heterocycles. The molecule has 1 aliphatic carbocycles. The molecule has 0 radical (unpaired) electrons. The lowest BCUT2D eigenvalue weighted by molar-refractivity contribution is -0.145. The number of nitrogens with one attached hydrogen (secondary N) is 1. The molecule has 21 heavy (non-hydrogen) atoms. The SMILES string of the molecule is CCC1(C(=O)N(Cc2ccc(C)o2)C2CC2)CCNCC1. The number of piperidine rings is 1. The summed E-state index contributed by atoms with van der Waals surface area (Å²) in [6.45, 7) is 6.65. The van der Waals surface area contributed by atoms with Crippen LogP contribution in [-0.2, 0) is 11.3 Å². The van der Waals surface area contributed by atoms with Crippen LogP contribution in [0.25, 0.3) is 0 Å². The fourth-order valence-electron chi connectivity index (χ4n) is 3.42. The van der Waals surface area contributed by atoms with Gasteiger partial charge in [0.15, 0.2) is 0 Å². The zero-order chi connectivity index (χ0) is 14.9. The Kier molecular flexibility index (Phi) is 4.07. The van der Waals surface area contributed by atoms with Crippen molar-refractivity contribution in [1.82, 2.24) is 10.2 Å². The van der Waals surface area contributed by atoms with Gasteiger partial charge >= 0.3 is 0 Å². The van der Waals surface area contributed by atoms with Gasteiger partial charge in [0, 0.05) is 6.04 Å². The van der Waals surface area contributed by atoms with Gasteiger partial charge < -0.3 is 14.6 Å². The van der Waals surface area contributed by atoms with Crippen LogP contribution in [-0.4, -0.2) is 29.9 Å². The molecule has 0 aromatic carbocycles. The van der Waals surface area contributed by atoms with E-state index in [9.17, 15) is 4.79 Å². The number of amides is 1. The zero-order valence-electron chi connectivity index (χ0n) is 13.2. The number of aryl methyl sites for hydroxylation is 1. The summed E-state index contributed by atoms with van der Waals surface area (Å²) in [5, 5.41) is 3.38. The molecule has 1 aromatic heterocycles. The maximum absolute atomic E-state index is 13.2. The van der Waals surface area contributed by atoms with Gasteiger partial charge in [-0.3, -0.25) is 4.79 Å². The first-order valence-electron chi connectivity index (χ1n) is 8.22. The van der Waals surface area contributed by atoms with Crippen molar-refractivity contribution >= 4 is 5.91 Å². The molecule has 2 heterocycles. The van der Waals surface area contributed by atoms with Gasteiger partial charge in [-0.15, -0.1) is 0 Å². The van der Waals surface area contributed by atoms with Gasteiger partial charge in [0.2, 0.25) is 5.91 Å². The van der Waals surface area contributed by atoms with Gasteiger partial charge in [-0.25, -0.2) is 0 Å². The summed E-state index contributed by atoms with van der Waals surface area (Å²) in [6, 6.07) is 4.41. The lowest BCUT2D eigenvalue weighted by Crippen LogP contribution is -2.49. The summed E-state index contributed by atoms with van der Waals surface area (Å²) >= 11 is 0. The molecule has 0 bridgehead atoms. The largest absolute Gasteiger partial charge is 0.464 e. The van der Waals surface area contributed by atoms with Crippen molar-refractivity contribution in [3.63, 3.8) is 0 Å². The number of nitrogens with zero attached hydrogens (tertiary/aromatic N) is 1. The van der Waals surface area contributed by atoms with E-state index < -0.39 is 0 Å². The molecular weight excluding hydrogens is 264 g/mol. The van der Waals surface area contributed by atoms with Crippen LogP contribution in [0.4, 0.5) is 0 Å². The molecule has 0 spiro atoms. The first-order chi connectivity index (χ1) is 10.1. The Morgan fingerprint density at radius 1 is 1.38 bits per heavy atom. The second-order valence-electron chi connectivity index (χ2n) is 6.56. The van der Waals surface area contributed by atoms with E-state index >= 15 is 0 Å². The third-order valence-corrected chi connectivity index (χ3v) is 5.06. The number of carbonyl (C=O) groups excluding carboxylic acids is 1. The highest BCUT2D eigenvalue weighted by Gasteiger charge is 2.44. The van der Waals surface area contributed by atoms with Crippen molar-refractivity contribution in [3.05, 3.63) is 23.7 Å². The minimum Gasteiger partial charge on any atom is -0.464 e. The quantitative estimate of drug-likeness (QED) is 0.907. The third kappa shape index (κ3) is 3.00. The molecular formula is C17H26N2O2. The summed E-state index contributed by atoms with van der Waals surface area (Å²) in [5.74, 6) is 2.18. The van der Waals surface area contributed by atoms with E-state index in [2.05, 4.69) is 17.1 Å². The average molecular weight is 290 g/mol. The lowest BCUT2D eigenvalue weighted by atomic mass is 9.75. The van der Waals surface area contributed by atoms with E-state index in [0.29, 0.717) is 18.5 Å². The normalized spacial score (nSPS) is 21.2. The Hall–Kier alpha value is -1.29. The van der Waals surface area contributed by atoms with E-state index in [1.807, 2.05) is 19.1 Å². The number of hydrogen-bond donors (Lipinski definition) is 1. The summed E-state index contributed by atoms with van der Waals surface area (Å²) in [7, 11) is 0. The predicted octanol–water partition coefficient (Wildman–Crippen LogP) is 2.86. The van der Waals surface area contributed by atoms with Gasteiger partial charge in [0.1, 0.15) is 11.5 Å². The number of carbonyl (C=O) groups is 1. The predicted molar refractivity (Wildman–Crippen MR) is 81.8 cm³/mol. The number of hydrogen-bond acceptors (Lipinski definition) is 3. The molecule has 4 nitrogen and oxygen atoms in total. The molecule has 1 saturated carbocycles. The zero-order valence-corrected chi connectivity index (χ0v) is 13.2. The van der Waals surface area contributed by atoms with Crippen LogP contribution in [0, 0.1) is 12.3 Å². The molecule has 116 valence electrons. The minimum atomic E-state index is -0.157. The van der Waals surface area contributed by atoms with Crippen molar-refractivity contribution in [2.45, 2.75) is 58.5 Å². The average Bonchev–Trinajstić information content (AvgIpc) is 3.27. The number of furan rings is 1. The van der Waals surface area contributed by atoms with Gasteiger partial charge in [-0.2, -0.15) is 0 Å². The van der Waals surface area contributed by atoms with E-state index in [1.165, 1.54) is 0 Å². The highest BCUT2D eigenvalue weighted by molar-refractivity contribution is 5.83. The van der Waals surface area contributed by atoms with Crippen LogP contribution in [0.5, 0.6) is 0 Å². The molecule has 3 rings (SSSR count). The summed E-state index contributed by atoms with van der Waals surface area (Å²) in [6.07, 6.45) is 5.15. The maximum Gasteiger partial charge on any atom is 0.229 e. The first-order valence-corrected chi connectivity index (χ1v) is 8.22. The summed E-state index contributed by atoms with van der Waals surface area (Å²) in [4.78, 5) is 15.3. The summed E-state index contributed by atoms with van der Waals surface area (Å²) < 4.78 is 5.69. The topological polar surface area (TPSA) is 45.5 Å². The highest BCUT2D eigenvalue weighted by atomic mass is 16.3. The monoisotopic (exact) mass is 290 g/mol. The van der Waals surface area contributed by atoms with Crippen molar-refractivity contribution in [2.75, 3.05) is 13.1 Å². The maximum atomic E-state index is 13.2. The molecule has 0 atom stereocenters. The van der Waals surface area contributed by atoms with Crippen LogP contribution in [0.1, 0.15) is 50.5 Å². The minimum absolute atomic E-state index is 0.157. The van der Waals surface area contributed by atoms with Crippen molar-refractivity contribution < 1.29 is 9.21 Å². The Balaban J connectivity index is 1.77. The van der Waals surface area contributed by atoms with Gasteiger partial charge in [0.05, 0.1) is 12.0 Å². The first kappa shape index (κ1) is 14.6. The fraction of sp³-hybridized carbons (Fsp3) is 0.706. The van der Waals surface area contributed by atoms with Crippen molar-refractivity contribution in [3.8, 4) is 0 Å². The van der Waals surface area contributed by atoms with Crippen molar-refractivity contribution in [1.29, 1.82) is 0 Å². The van der Waals surface area contributed by atoms with E-state index in [-0.39, 0.29) is 5.41 Å². The van der Waals surface area contributed by atoms with Crippen LogP contribution in [0.15, 0.2) is 16.5 Å². The molecule has 2 aliphatic rings. The van der Waals surface area contributed by atoms with Crippen LogP contribution in [0.3, 0.4) is 0 Å². The van der Waals surface area contributed by atoms with E-state index in [1.54, 1.807) is 0 Å². The van der Waals surface area contributed by atoms with Crippen molar-refractivity contribution in [2.24, 2.45) is 5.41 Å². The van der Waals surface area contributed by atoms with Gasteiger partial charge in [-0.05, 0) is 64.3 Å². The molecule has 0 unspecified atom stereocenters. The second kappa shape index (κ2) is 5.84. The Morgan fingerprint density at radius 3 is 2.62 bits per heavy atom. The standard InChI is InChI=1S/C17H26N2O2/c1-3-17(8-10-18-11-9-17)16(20)19(14-5-6-14)12-15-7-4-13(2)21-15/h4,7,14,18H,3,5-6,8-12H2,1-2H3. The molecule has 1 saturated heterocycles. The van der Waals surface area contributed by atoms with Crippen LogP contribution < -0.4 is 5.32 Å². The molecule has 1 N–H and O–H groups in total. The van der Waals surface area contributed by atoms with Gasteiger partial charge in [0.25, 0.3) is 0 Å². The molecule has 2 fully saturated rings. The van der Waals surface area contributed by atoms with E-state index in [0.717, 1.165) is 56.7 Å². The van der Waals surface area contributed by atoms with Crippen LogP contribution >= 0.6 is 0 Å². The fourth-order valence-corrected chi connectivity index (χ4v) is 3.42. The highest BCUT2D eigenvalue weighted by Crippen LogP contribution is 2.39. The Labute approximate surface area is 126 Å². The molecule has 1 amide bonds. The Bertz CT molecular complexity index is 499. The molecule has 4 heteroatoms. The van der Waals surface area contributed by atoms with E-state index in [4.69, 9.17) is 4.42 Å². The smallest absolute Gasteiger partial charge is 0.229 e. The molecule has 1 aromatic rings. The lowest BCUT2D eigenvalue weighted by Gasteiger charge is -2.39. The van der Waals surface area contributed by atoms with Gasteiger partial charge in [-0.1, -0.05) is 6.92 Å². The number of rotatable bonds is 5. The summed E-state index contributed by atoms with van der Waals surface area (Å²) in [5.41, 5.74) is -0.157. The Morgan fingerprint density at radius 2 is 2.10 bits per heavy atom. The van der Waals surface area contributed by atoms with Crippen LogP contribution in [0.2, 0.25) is 0 Å². The second-order valence-corrected chi connectivity index (χ2v) is 6.56. The third-order valence-electron chi connectivity index (χ3n) is 5.06.